The van der Waals surface area contributed by atoms with E-state index in [1.165, 1.54) is 0 Å². The van der Waals surface area contributed by atoms with E-state index in [1.807, 2.05) is 32.0 Å². The van der Waals surface area contributed by atoms with E-state index in [4.69, 9.17) is 4.98 Å². The number of aromatic nitrogens is 4. The van der Waals surface area contributed by atoms with E-state index in [1.54, 1.807) is 11.1 Å². The van der Waals surface area contributed by atoms with Crippen LogP contribution in [0.5, 0.6) is 0 Å². The summed E-state index contributed by atoms with van der Waals surface area (Å²) in [6.07, 6.45) is 5.82. The molecule has 0 saturated carbocycles. The number of carbonyl (C=O) groups excluding carboxylic acids is 2. The Hall–Kier alpha value is -5.66. The lowest BCUT2D eigenvalue weighted by atomic mass is 10.0. The van der Waals surface area contributed by atoms with Crippen LogP contribution >= 0.6 is 0 Å². The van der Waals surface area contributed by atoms with Gasteiger partial charge < -0.3 is 40.4 Å². The predicted molar refractivity (Wildman–Crippen MR) is 211 cm³/mol. The van der Waals surface area contributed by atoms with E-state index in [9.17, 15) is 19.5 Å². The lowest BCUT2D eigenvalue weighted by Crippen LogP contribution is -2.53. The molecule has 2 saturated heterocycles. The molecule has 5 heterocycles. The molecule has 3 aliphatic rings. The minimum Gasteiger partial charge on any atom is -0.465 e. The van der Waals surface area contributed by atoms with Gasteiger partial charge in [0.15, 0.2) is 5.96 Å². The van der Waals surface area contributed by atoms with Gasteiger partial charge in [-0.3, -0.25) is 14.6 Å². The number of guanidine groups is 1. The molecule has 290 valence electrons. The average Bonchev–Trinajstić information content (AvgIpc) is 4.02. The van der Waals surface area contributed by atoms with Crippen LogP contribution in [0, 0.1) is 11.8 Å². The molecule has 0 bridgehead atoms. The van der Waals surface area contributed by atoms with Gasteiger partial charge in [0.25, 0.3) is 0 Å². The Morgan fingerprint density at radius 1 is 0.709 bits per heavy atom. The molecule has 0 unspecified atom stereocenters. The Balaban J connectivity index is 0.997. The smallest absolute Gasteiger partial charge is 0.405 e. The zero-order chi connectivity index (χ0) is 38.8. The SMILES string of the molecule is CC(C)[C@H](NC(=O)O)C(=O)N1CCC[C@H]1c1ncc(-c2ccc(-c3ccc(-c4cnc([C@@H]5CCCN5C(=O)[C@H](NC5=NCCN5C)C(C)C)[nH]4)cc3)cc2)[nH]1. The molecule has 3 amide bonds. The maximum Gasteiger partial charge on any atom is 0.405 e. The average molecular weight is 749 g/mol. The van der Waals surface area contributed by atoms with Crippen LogP contribution in [-0.4, -0.2) is 109 Å². The summed E-state index contributed by atoms with van der Waals surface area (Å²) in [5.74, 6) is 2.08. The van der Waals surface area contributed by atoms with Crippen LogP contribution in [0.3, 0.4) is 0 Å². The predicted octanol–water partition coefficient (Wildman–Crippen LogP) is 5.67. The molecule has 0 aliphatic carbocycles. The highest BCUT2D eigenvalue weighted by molar-refractivity contribution is 5.90. The first-order valence-electron chi connectivity index (χ1n) is 19.4. The molecule has 55 heavy (non-hydrogen) atoms. The third kappa shape index (κ3) is 7.94. The van der Waals surface area contributed by atoms with Crippen LogP contribution in [-0.2, 0) is 9.59 Å². The maximum atomic E-state index is 13.9. The van der Waals surface area contributed by atoms with Crippen molar-refractivity contribution in [2.24, 2.45) is 16.8 Å². The van der Waals surface area contributed by atoms with Gasteiger partial charge in [0.05, 0.1) is 42.4 Å². The summed E-state index contributed by atoms with van der Waals surface area (Å²) in [6.45, 7) is 10.7. The van der Waals surface area contributed by atoms with Gasteiger partial charge in [-0.1, -0.05) is 76.2 Å². The molecule has 0 radical (unpaired) electrons. The van der Waals surface area contributed by atoms with Gasteiger partial charge in [0.2, 0.25) is 11.8 Å². The molecule has 14 heteroatoms. The van der Waals surface area contributed by atoms with E-state index >= 15 is 0 Å². The molecule has 14 nitrogen and oxygen atoms in total. The second-order valence-electron chi connectivity index (χ2n) is 15.6. The molecule has 2 aromatic heterocycles. The van der Waals surface area contributed by atoms with Crippen LogP contribution < -0.4 is 10.6 Å². The number of nitrogens with zero attached hydrogens (tertiary/aromatic N) is 6. The van der Waals surface area contributed by atoms with E-state index in [-0.39, 0.29) is 41.8 Å². The quantitative estimate of drug-likeness (QED) is 0.131. The van der Waals surface area contributed by atoms with Crippen LogP contribution in [0.2, 0.25) is 0 Å². The minimum absolute atomic E-state index is 0.0845. The number of likely N-dealkylation sites (N-methyl/N-ethyl adjacent to an activating group) is 1. The maximum absolute atomic E-state index is 13.9. The van der Waals surface area contributed by atoms with Gasteiger partial charge in [-0.2, -0.15) is 0 Å². The molecule has 2 aromatic carbocycles. The number of H-pyrrole nitrogens is 2. The first-order valence-corrected chi connectivity index (χ1v) is 19.4. The largest absolute Gasteiger partial charge is 0.465 e. The topological polar surface area (TPSA) is 175 Å². The Kier molecular flexibility index (Phi) is 10.9. The van der Waals surface area contributed by atoms with Crippen molar-refractivity contribution in [3.05, 3.63) is 72.6 Å². The van der Waals surface area contributed by atoms with E-state index in [0.717, 1.165) is 84.2 Å². The van der Waals surface area contributed by atoms with Gasteiger partial charge >= 0.3 is 6.09 Å². The number of likely N-dealkylation sites (tertiary alicyclic amines) is 2. The number of hydrogen-bond acceptors (Lipinski definition) is 8. The summed E-state index contributed by atoms with van der Waals surface area (Å²) in [4.78, 5) is 65.3. The number of nitrogens with one attached hydrogen (secondary N) is 4. The molecule has 0 spiro atoms. The van der Waals surface area contributed by atoms with Crippen molar-refractivity contribution in [1.29, 1.82) is 0 Å². The molecular formula is C41H52N10O4. The van der Waals surface area contributed by atoms with Crippen molar-refractivity contribution in [2.45, 2.75) is 77.5 Å². The monoisotopic (exact) mass is 748 g/mol. The number of carbonyl (C=O) groups is 3. The number of hydrogen-bond donors (Lipinski definition) is 5. The summed E-state index contributed by atoms with van der Waals surface area (Å²) in [7, 11) is 2.00. The number of amides is 3. The Bertz CT molecular complexity index is 2020. The zero-order valence-electron chi connectivity index (χ0n) is 32.2. The highest BCUT2D eigenvalue weighted by Gasteiger charge is 2.39. The van der Waals surface area contributed by atoms with Crippen molar-refractivity contribution >= 4 is 23.9 Å². The number of aromatic amines is 2. The minimum atomic E-state index is -1.21. The summed E-state index contributed by atoms with van der Waals surface area (Å²) < 4.78 is 0. The van der Waals surface area contributed by atoms with Crippen LogP contribution in [0.4, 0.5) is 4.79 Å². The molecular weight excluding hydrogens is 697 g/mol. The molecule has 4 atom stereocenters. The number of rotatable bonds is 11. The fourth-order valence-corrected chi connectivity index (χ4v) is 7.96. The summed E-state index contributed by atoms with van der Waals surface area (Å²) in [5, 5.41) is 15.1. The Labute approximate surface area is 321 Å². The number of imidazole rings is 2. The number of benzene rings is 2. The first-order chi connectivity index (χ1) is 26.5. The lowest BCUT2D eigenvalue weighted by Gasteiger charge is -2.31. The van der Waals surface area contributed by atoms with E-state index < -0.39 is 12.1 Å². The van der Waals surface area contributed by atoms with Crippen LogP contribution in [0.1, 0.15) is 77.1 Å². The van der Waals surface area contributed by atoms with Crippen molar-refractivity contribution < 1.29 is 19.5 Å². The third-order valence-electron chi connectivity index (χ3n) is 11.1. The summed E-state index contributed by atoms with van der Waals surface area (Å²) in [5.41, 5.74) is 5.90. The summed E-state index contributed by atoms with van der Waals surface area (Å²) in [6, 6.07) is 15.1. The normalized spacial score (nSPS) is 19.6. The van der Waals surface area contributed by atoms with Crippen molar-refractivity contribution in [2.75, 3.05) is 33.2 Å². The highest BCUT2D eigenvalue weighted by atomic mass is 16.4. The Morgan fingerprint density at radius 3 is 1.58 bits per heavy atom. The standard InChI is InChI=1S/C41H52N10O4/c1-24(2)34(47-40-42-18-21-49(40)5)38(52)50-19-6-8-32(50)36-43-22-30(45-36)28-14-10-26(11-15-28)27-12-16-29(17-13-27)31-23-44-37(46-31)33-9-7-20-51(33)39(53)35(25(3)4)48-41(54)55/h10-17,22-25,32-35,48H,6-9,18-21H2,1-5H3,(H,42,47)(H,43,45)(H,44,46)(H,54,55)/t32-,33-,34+,35-/m0/s1. The van der Waals surface area contributed by atoms with E-state index in [2.05, 4.69) is 97.9 Å². The van der Waals surface area contributed by atoms with Crippen molar-refractivity contribution in [3.8, 4) is 33.6 Å². The second-order valence-corrected chi connectivity index (χ2v) is 15.6. The third-order valence-corrected chi connectivity index (χ3v) is 11.1. The molecule has 3 aliphatic heterocycles. The molecule has 5 N–H and O–H groups in total. The first kappa shape index (κ1) is 37.6. The van der Waals surface area contributed by atoms with Gasteiger partial charge in [0.1, 0.15) is 23.7 Å². The van der Waals surface area contributed by atoms with E-state index in [0.29, 0.717) is 18.9 Å². The number of carboxylic acid groups (broad SMARTS) is 1. The van der Waals surface area contributed by atoms with Gasteiger partial charge in [-0.25, -0.2) is 14.8 Å². The van der Waals surface area contributed by atoms with Crippen molar-refractivity contribution in [1.82, 2.24) is 45.3 Å². The van der Waals surface area contributed by atoms with Crippen molar-refractivity contribution in [3.63, 3.8) is 0 Å². The fraction of sp³-hybridized carbons (Fsp3) is 0.463. The zero-order valence-corrected chi connectivity index (χ0v) is 32.2. The lowest BCUT2D eigenvalue weighted by molar-refractivity contribution is -0.136. The van der Waals surface area contributed by atoms with Crippen LogP contribution in [0.15, 0.2) is 65.9 Å². The second kappa shape index (κ2) is 16.0. The van der Waals surface area contributed by atoms with Gasteiger partial charge in [0, 0.05) is 26.7 Å². The van der Waals surface area contributed by atoms with Gasteiger partial charge in [-0.15, -0.1) is 0 Å². The molecule has 7 rings (SSSR count). The van der Waals surface area contributed by atoms with Gasteiger partial charge in [-0.05, 0) is 59.8 Å². The Morgan fingerprint density at radius 2 is 1.16 bits per heavy atom. The highest BCUT2D eigenvalue weighted by Crippen LogP contribution is 2.35. The summed E-state index contributed by atoms with van der Waals surface area (Å²) >= 11 is 0. The van der Waals surface area contributed by atoms with Crippen LogP contribution in [0.25, 0.3) is 33.6 Å². The number of aliphatic imine (C=N–C) groups is 1. The fourth-order valence-electron chi connectivity index (χ4n) is 7.96. The molecule has 4 aromatic rings. The molecule has 2 fully saturated rings.